The van der Waals surface area contributed by atoms with Crippen molar-refractivity contribution < 1.29 is 13.3 Å². The number of rotatable bonds is 6. The van der Waals surface area contributed by atoms with E-state index in [1.807, 2.05) is 60.7 Å². The van der Waals surface area contributed by atoms with Crippen molar-refractivity contribution in [3.8, 4) is 67.5 Å². The first-order valence-electron chi connectivity index (χ1n) is 21.0. The second-order valence-electron chi connectivity index (χ2n) is 15.9. The molecule has 0 atom stereocenters. The second kappa shape index (κ2) is 14.0. The van der Waals surface area contributed by atoms with Crippen molar-refractivity contribution >= 4 is 65.8 Å². The van der Waals surface area contributed by atoms with Crippen molar-refractivity contribution in [3.05, 3.63) is 200 Å². The molecular formula is C57H33N3O3. The quantitative estimate of drug-likeness (QED) is 0.166. The molecule has 4 heterocycles. The maximum Gasteiger partial charge on any atom is 0.164 e. The summed E-state index contributed by atoms with van der Waals surface area (Å²) in [7, 11) is 0. The molecular weight excluding hydrogens is 775 g/mol. The Morgan fingerprint density at radius 2 is 0.746 bits per heavy atom. The van der Waals surface area contributed by atoms with Crippen LogP contribution < -0.4 is 0 Å². The summed E-state index contributed by atoms with van der Waals surface area (Å²) in [6, 6.07) is 68.6. The summed E-state index contributed by atoms with van der Waals surface area (Å²) in [6.07, 6.45) is 0. The highest BCUT2D eigenvalue weighted by molar-refractivity contribution is 6.21. The normalized spacial score (nSPS) is 11.8. The molecule has 4 aromatic heterocycles. The average molecular weight is 808 g/mol. The van der Waals surface area contributed by atoms with Gasteiger partial charge in [0.1, 0.15) is 33.5 Å². The van der Waals surface area contributed by atoms with E-state index in [0.717, 1.165) is 116 Å². The van der Waals surface area contributed by atoms with Gasteiger partial charge in [-0.15, -0.1) is 0 Å². The molecule has 0 radical (unpaired) electrons. The average Bonchev–Trinajstić information content (AvgIpc) is 4.06. The highest BCUT2D eigenvalue weighted by atomic mass is 16.3. The number of aromatic nitrogens is 3. The van der Waals surface area contributed by atoms with Gasteiger partial charge in [0.15, 0.2) is 17.5 Å². The molecule has 0 bridgehead atoms. The van der Waals surface area contributed by atoms with Gasteiger partial charge in [0.2, 0.25) is 0 Å². The molecule has 13 aromatic rings. The second-order valence-corrected chi connectivity index (χ2v) is 15.9. The van der Waals surface area contributed by atoms with Crippen LogP contribution >= 0.6 is 0 Å². The zero-order chi connectivity index (χ0) is 41.4. The van der Waals surface area contributed by atoms with Crippen LogP contribution in [0.2, 0.25) is 0 Å². The van der Waals surface area contributed by atoms with E-state index in [0.29, 0.717) is 17.5 Å². The van der Waals surface area contributed by atoms with Gasteiger partial charge in [-0.1, -0.05) is 152 Å². The predicted octanol–water partition coefficient (Wildman–Crippen LogP) is 15.6. The highest BCUT2D eigenvalue weighted by Gasteiger charge is 2.21. The van der Waals surface area contributed by atoms with Crippen LogP contribution in [0, 0.1) is 0 Å². The number of fused-ring (bicyclic) bond motifs is 9. The third kappa shape index (κ3) is 5.76. The number of nitrogens with zero attached hydrogens (tertiary/aromatic N) is 3. The smallest absolute Gasteiger partial charge is 0.164 e. The largest absolute Gasteiger partial charge is 0.456 e. The van der Waals surface area contributed by atoms with Crippen molar-refractivity contribution in [2.24, 2.45) is 0 Å². The van der Waals surface area contributed by atoms with Crippen LogP contribution in [0.1, 0.15) is 0 Å². The van der Waals surface area contributed by atoms with Gasteiger partial charge in [-0.25, -0.2) is 15.0 Å². The molecule has 9 aromatic carbocycles. The van der Waals surface area contributed by atoms with E-state index in [-0.39, 0.29) is 0 Å². The molecule has 0 saturated heterocycles. The lowest BCUT2D eigenvalue weighted by molar-refractivity contribution is 0.668. The van der Waals surface area contributed by atoms with Crippen LogP contribution in [-0.2, 0) is 0 Å². The van der Waals surface area contributed by atoms with Crippen LogP contribution in [-0.4, -0.2) is 15.0 Å². The van der Waals surface area contributed by atoms with Crippen LogP contribution in [0.3, 0.4) is 0 Å². The highest BCUT2D eigenvalue weighted by Crippen LogP contribution is 2.45. The van der Waals surface area contributed by atoms with Crippen molar-refractivity contribution in [2.75, 3.05) is 0 Å². The first kappa shape index (κ1) is 35.2. The van der Waals surface area contributed by atoms with Gasteiger partial charge in [0.25, 0.3) is 0 Å². The SMILES string of the molecule is c1ccc(-c2cccc(-c3nc(-c4ccc(-c5ccc(-c6cccc7oc8ccccc8c67)c6c5oc5ccccc56)cc4)nc(-c4ccc5c(c4)oc4ccccc45)n3)c2)cc1. The maximum absolute atomic E-state index is 6.75. The van der Waals surface area contributed by atoms with Gasteiger partial charge >= 0.3 is 0 Å². The van der Waals surface area contributed by atoms with Crippen LogP contribution in [0.5, 0.6) is 0 Å². The molecule has 0 N–H and O–H groups in total. The Morgan fingerprint density at radius 3 is 1.52 bits per heavy atom. The van der Waals surface area contributed by atoms with E-state index in [9.17, 15) is 0 Å². The molecule has 0 fully saturated rings. The van der Waals surface area contributed by atoms with Gasteiger partial charge in [-0.05, 0) is 76.3 Å². The van der Waals surface area contributed by atoms with E-state index < -0.39 is 0 Å². The van der Waals surface area contributed by atoms with Gasteiger partial charge in [0.05, 0.1) is 0 Å². The van der Waals surface area contributed by atoms with Crippen molar-refractivity contribution in [3.63, 3.8) is 0 Å². The summed E-state index contributed by atoms with van der Waals surface area (Å²) < 4.78 is 19.4. The fraction of sp³-hybridized carbons (Fsp3) is 0. The van der Waals surface area contributed by atoms with Gasteiger partial charge in [0, 0.05) is 54.6 Å². The summed E-state index contributed by atoms with van der Waals surface area (Å²) in [5, 5.41) is 6.44. The minimum Gasteiger partial charge on any atom is -0.456 e. The van der Waals surface area contributed by atoms with Crippen LogP contribution in [0.25, 0.3) is 133 Å². The molecule has 0 saturated carbocycles. The van der Waals surface area contributed by atoms with E-state index >= 15 is 0 Å². The molecule has 0 aliphatic carbocycles. The lowest BCUT2D eigenvalue weighted by Gasteiger charge is -2.11. The van der Waals surface area contributed by atoms with E-state index in [2.05, 4.69) is 140 Å². The van der Waals surface area contributed by atoms with Gasteiger partial charge in [-0.3, -0.25) is 0 Å². The summed E-state index contributed by atoms with van der Waals surface area (Å²) in [5.74, 6) is 1.72. The summed E-state index contributed by atoms with van der Waals surface area (Å²) in [4.78, 5) is 15.3. The Labute approximate surface area is 360 Å². The van der Waals surface area contributed by atoms with Crippen molar-refractivity contribution in [1.82, 2.24) is 15.0 Å². The molecule has 0 aliphatic rings. The number of furan rings is 3. The molecule has 294 valence electrons. The van der Waals surface area contributed by atoms with Crippen LogP contribution in [0.4, 0.5) is 0 Å². The zero-order valence-electron chi connectivity index (χ0n) is 33.6. The third-order valence-corrected chi connectivity index (χ3v) is 12.2. The Bertz CT molecular complexity index is 3920. The molecule has 0 amide bonds. The molecule has 13 rings (SSSR count). The molecule has 0 aliphatic heterocycles. The summed E-state index contributed by atoms with van der Waals surface area (Å²) in [5.41, 5.74) is 14.0. The number of hydrogen-bond donors (Lipinski definition) is 0. The topological polar surface area (TPSA) is 78.1 Å². The number of benzene rings is 9. The van der Waals surface area contributed by atoms with Gasteiger partial charge in [-0.2, -0.15) is 0 Å². The third-order valence-electron chi connectivity index (χ3n) is 12.2. The fourth-order valence-electron chi connectivity index (χ4n) is 9.17. The first-order valence-corrected chi connectivity index (χ1v) is 21.0. The standard InChI is InChI=1S/C57H33N3O3/c1-2-12-34(13-3-1)37-14-10-15-38(32-37)56-58-55(59-57(60-56)39-28-29-42-41-16-4-7-20-47(41)62-51(42)33-39)36-26-24-35(25-27-36)40-30-31-44(53-46-18-6-9-22-49(46)63-54(40)53)43-19-11-23-50-52(43)45-17-5-8-21-48(45)61-50/h1-33H. The lowest BCUT2D eigenvalue weighted by atomic mass is 9.92. The minimum atomic E-state index is 0.562. The van der Waals surface area contributed by atoms with Crippen molar-refractivity contribution in [1.29, 1.82) is 0 Å². The monoisotopic (exact) mass is 807 g/mol. The molecule has 63 heavy (non-hydrogen) atoms. The lowest BCUT2D eigenvalue weighted by Crippen LogP contribution is -2.00. The molecule has 0 unspecified atom stereocenters. The van der Waals surface area contributed by atoms with E-state index in [1.165, 1.54) is 0 Å². The molecule has 6 nitrogen and oxygen atoms in total. The number of para-hydroxylation sites is 3. The fourth-order valence-corrected chi connectivity index (χ4v) is 9.17. The summed E-state index contributed by atoms with van der Waals surface area (Å²) in [6.45, 7) is 0. The van der Waals surface area contributed by atoms with Gasteiger partial charge < -0.3 is 13.3 Å². The molecule has 0 spiro atoms. The predicted molar refractivity (Wildman–Crippen MR) is 254 cm³/mol. The summed E-state index contributed by atoms with van der Waals surface area (Å²) >= 11 is 0. The van der Waals surface area contributed by atoms with Crippen LogP contribution in [0.15, 0.2) is 213 Å². The molecule has 6 heteroatoms. The maximum atomic E-state index is 6.75. The number of hydrogen-bond acceptors (Lipinski definition) is 6. The Hall–Kier alpha value is -8.61. The zero-order valence-corrected chi connectivity index (χ0v) is 33.6. The van der Waals surface area contributed by atoms with E-state index in [4.69, 9.17) is 28.2 Å². The first-order chi connectivity index (χ1) is 31.2. The Balaban J connectivity index is 0.947. The Kier molecular flexibility index (Phi) is 7.80. The Morgan fingerprint density at radius 1 is 0.254 bits per heavy atom. The van der Waals surface area contributed by atoms with Crippen molar-refractivity contribution in [2.45, 2.75) is 0 Å². The minimum absolute atomic E-state index is 0.562. The van der Waals surface area contributed by atoms with E-state index in [1.54, 1.807) is 0 Å².